The largest absolute Gasteiger partial charge is 0.421 e. The molecule has 3 aromatic rings. The minimum Gasteiger partial charge on any atom is -0.421 e. The van der Waals surface area contributed by atoms with E-state index in [-0.39, 0.29) is 5.91 Å². The molecule has 0 saturated carbocycles. The Balaban J connectivity index is 1.62. The van der Waals surface area contributed by atoms with Crippen molar-refractivity contribution in [2.75, 3.05) is 11.4 Å². The molecule has 0 unspecified atom stereocenters. The SMILES string of the molecule is CCN(C(=O)CCc1nnc(-c2ccsc2)o1)c1ccccc1. The molecule has 0 aliphatic carbocycles. The van der Waals surface area contributed by atoms with Gasteiger partial charge >= 0.3 is 0 Å². The van der Waals surface area contributed by atoms with Crippen molar-refractivity contribution in [3.63, 3.8) is 0 Å². The molecular formula is C17H17N3O2S. The molecule has 0 N–H and O–H groups in total. The first-order valence-electron chi connectivity index (χ1n) is 7.48. The summed E-state index contributed by atoms with van der Waals surface area (Å²) in [7, 11) is 0. The van der Waals surface area contributed by atoms with E-state index < -0.39 is 0 Å². The van der Waals surface area contributed by atoms with Crippen molar-refractivity contribution in [3.8, 4) is 11.5 Å². The summed E-state index contributed by atoms with van der Waals surface area (Å²) < 4.78 is 5.61. The van der Waals surface area contributed by atoms with Crippen molar-refractivity contribution in [1.82, 2.24) is 10.2 Å². The number of nitrogens with zero attached hydrogens (tertiary/aromatic N) is 3. The third-order valence-electron chi connectivity index (χ3n) is 3.47. The monoisotopic (exact) mass is 327 g/mol. The highest BCUT2D eigenvalue weighted by atomic mass is 32.1. The molecule has 0 spiro atoms. The molecule has 6 heteroatoms. The van der Waals surface area contributed by atoms with Crippen LogP contribution in [0.25, 0.3) is 11.5 Å². The molecule has 3 rings (SSSR count). The minimum absolute atomic E-state index is 0.0500. The van der Waals surface area contributed by atoms with E-state index in [0.717, 1.165) is 11.3 Å². The maximum absolute atomic E-state index is 12.4. The summed E-state index contributed by atoms with van der Waals surface area (Å²) >= 11 is 1.58. The highest BCUT2D eigenvalue weighted by Crippen LogP contribution is 2.21. The predicted molar refractivity (Wildman–Crippen MR) is 90.4 cm³/mol. The van der Waals surface area contributed by atoms with Crippen LogP contribution in [-0.2, 0) is 11.2 Å². The van der Waals surface area contributed by atoms with E-state index in [9.17, 15) is 4.79 Å². The first-order valence-corrected chi connectivity index (χ1v) is 8.42. The maximum Gasteiger partial charge on any atom is 0.248 e. The quantitative estimate of drug-likeness (QED) is 0.691. The van der Waals surface area contributed by atoms with Crippen molar-refractivity contribution in [1.29, 1.82) is 0 Å². The Morgan fingerprint density at radius 3 is 2.74 bits per heavy atom. The number of aromatic nitrogens is 2. The first-order chi connectivity index (χ1) is 11.3. The Labute approximate surface area is 138 Å². The van der Waals surface area contributed by atoms with E-state index >= 15 is 0 Å². The molecular weight excluding hydrogens is 310 g/mol. The highest BCUT2D eigenvalue weighted by Gasteiger charge is 2.16. The number of benzene rings is 1. The van der Waals surface area contributed by atoms with Crippen LogP contribution in [0.5, 0.6) is 0 Å². The van der Waals surface area contributed by atoms with Gasteiger partial charge in [-0.1, -0.05) is 18.2 Å². The van der Waals surface area contributed by atoms with Crippen molar-refractivity contribution in [3.05, 3.63) is 53.0 Å². The van der Waals surface area contributed by atoms with Crippen LogP contribution in [0.3, 0.4) is 0 Å². The first kappa shape index (κ1) is 15.4. The van der Waals surface area contributed by atoms with Crippen LogP contribution in [0.4, 0.5) is 5.69 Å². The Bertz CT molecular complexity index is 753. The van der Waals surface area contributed by atoms with Gasteiger partial charge in [0.2, 0.25) is 17.7 Å². The zero-order chi connectivity index (χ0) is 16.1. The van der Waals surface area contributed by atoms with Crippen molar-refractivity contribution in [2.45, 2.75) is 19.8 Å². The average Bonchev–Trinajstić information content (AvgIpc) is 3.26. The molecule has 118 valence electrons. The maximum atomic E-state index is 12.4. The lowest BCUT2D eigenvalue weighted by Crippen LogP contribution is -2.30. The molecule has 0 fully saturated rings. The Hall–Kier alpha value is -2.47. The van der Waals surface area contributed by atoms with Gasteiger partial charge in [0.05, 0.1) is 0 Å². The fourth-order valence-corrected chi connectivity index (χ4v) is 2.95. The third kappa shape index (κ3) is 3.65. The van der Waals surface area contributed by atoms with Crippen molar-refractivity contribution >= 4 is 22.9 Å². The summed E-state index contributed by atoms with van der Waals surface area (Å²) in [5, 5.41) is 12.0. The van der Waals surface area contributed by atoms with Gasteiger partial charge in [0, 0.05) is 36.0 Å². The van der Waals surface area contributed by atoms with Gasteiger partial charge in [0.1, 0.15) is 0 Å². The van der Waals surface area contributed by atoms with Gasteiger partial charge < -0.3 is 9.32 Å². The summed E-state index contributed by atoms with van der Waals surface area (Å²) in [4.78, 5) is 14.2. The number of thiophene rings is 1. The number of carbonyl (C=O) groups is 1. The molecule has 0 atom stereocenters. The lowest BCUT2D eigenvalue weighted by molar-refractivity contribution is -0.118. The zero-order valence-corrected chi connectivity index (χ0v) is 13.6. The van der Waals surface area contributed by atoms with Crippen LogP contribution in [-0.4, -0.2) is 22.6 Å². The number of amides is 1. The van der Waals surface area contributed by atoms with E-state index in [1.807, 2.05) is 54.1 Å². The summed E-state index contributed by atoms with van der Waals surface area (Å²) in [6, 6.07) is 11.6. The Kier molecular flexibility index (Phi) is 4.83. The van der Waals surface area contributed by atoms with Crippen molar-refractivity contribution in [2.24, 2.45) is 0 Å². The van der Waals surface area contributed by atoms with Gasteiger partial charge in [0.25, 0.3) is 0 Å². The molecule has 2 aromatic heterocycles. The molecule has 23 heavy (non-hydrogen) atoms. The number of carbonyl (C=O) groups excluding carboxylic acids is 1. The topological polar surface area (TPSA) is 59.2 Å². The standard InChI is InChI=1S/C17H17N3O2S/c1-2-20(14-6-4-3-5-7-14)16(21)9-8-15-18-19-17(22-15)13-10-11-23-12-13/h3-7,10-12H,2,8-9H2,1H3. The summed E-state index contributed by atoms with van der Waals surface area (Å²) in [5.41, 5.74) is 1.82. The lowest BCUT2D eigenvalue weighted by atomic mass is 10.2. The smallest absolute Gasteiger partial charge is 0.248 e. The van der Waals surface area contributed by atoms with Crippen LogP contribution >= 0.6 is 11.3 Å². The average molecular weight is 327 g/mol. The highest BCUT2D eigenvalue weighted by molar-refractivity contribution is 7.08. The molecule has 0 saturated heterocycles. The number of hydrogen-bond donors (Lipinski definition) is 0. The lowest BCUT2D eigenvalue weighted by Gasteiger charge is -2.20. The van der Waals surface area contributed by atoms with E-state index in [1.54, 1.807) is 16.2 Å². The van der Waals surface area contributed by atoms with Crippen LogP contribution < -0.4 is 4.90 Å². The van der Waals surface area contributed by atoms with E-state index in [1.165, 1.54) is 0 Å². The number of anilines is 1. The normalized spacial score (nSPS) is 10.7. The van der Waals surface area contributed by atoms with Gasteiger partial charge in [0.15, 0.2) is 0 Å². The van der Waals surface area contributed by atoms with Gasteiger partial charge in [-0.25, -0.2) is 0 Å². The fourth-order valence-electron chi connectivity index (χ4n) is 2.32. The molecule has 0 aliphatic rings. The third-order valence-corrected chi connectivity index (χ3v) is 4.16. The van der Waals surface area contributed by atoms with Gasteiger partial charge in [-0.2, -0.15) is 11.3 Å². The van der Waals surface area contributed by atoms with Crippen LogP contribution in [0.2, 0.25) is 0 Å². The van der Waals surface area contributed by atoms with Crippen LogP contribution in [0.1, 0.15) is 19.2 Å². The Morgan fingerprint density at radius 2 is 2.04 bits per heavy atom. The predicted octanol–water partition coefficient (Wildman–Crippen LogP) is 3.78. The van der Waals surface area contributed by atoms with Crippen LogP contribution in [0.15, 0.2) is 51.6 Å². The Morgan fingerprint density at radius 1 is 1.22 bits per heavy atom. The summed E-state index contributed by atoms with van der Waals surface area (Å²) in [6.07, 6.45) is 0.785. The molecule has 0 aliphatic heterocycles. The van der Waals surface area contributed by atoms with Crippen molar-refractivity contribution < 1.29 is 9.21 Å². The van der Waals surface area contributed by atoms with E-state index in [4.69, 9.17) is 4.42 Å². The molecule has 1 amide bonds. The molecule has 0 radical (unpaired) electrons. The second-order valence-corrected chi connectivity index (χ2v) is 5.77. The second kappa shape index (κ2) is 7.19. The second-order valence-electron chi connectivity index (χ2n) is 4.99. The number of para-hydroxylation sites is 1. The molecule has 5 nitrogen and oxygen atoms in total. The number of aryl methyl sites for hydroxylation is 1. The molecule has 2 heterocycles. The summed E-state index contributed by atoms with van der Waals surface area (Å²) in [6.45, 7) is 2.60. The zero-order valence-electron chi connectivity index (χ0n) is 12.8. The minimum atomic E-state index is 0.0500. The van der Waals surface area contributed by atoms with Gasteiger partial charge in [-0.15, -0.1) is 10.2 Å². The fraction of sp³-hybridized carbons (Fsp3) is 0.235. The molecule has 0 bridgehead atoms. The molecule has 1 aromatic carbocycles. The van der Waals surface area contributed by atoms with E-state index in [2.05, 4.69) is 10.2 Å². The van der Waals surface area contributed by atoms with Crippen LogP contribution in [0, 0.1) is 0 Å². The summed E-state index contributed by atoms with van der Waals surface area (Å²) in [5.74, 6) is 1.04. The number of rotatable bonds is 6. The van der Waals surface area contributed by atoms with Gasteiger partial charge in [-0.3, -0.25) is 4.79 Å². The number of hydrogen-bond acceptors (Lipinski definition) is 5. The van der Waals surface area contributed by atoms with E-state index in [0.29, 0.717) is 31.2 Å². The van der Waals surface area contributed by atoms with Gasteiger partial charge in [-0.05, 0) is 30.5 Å².